The number of rotatable bonds is 2. The summed E-state index contributed by atoms with van der Waals surface area (Å²) in [6.45, 7) is 0. The molecule has 0 unspecified atom stereocenters. The van der Waals surface area contributed by atoms with Crippen molar-refractivity contribution in [2.45, 2.75) is 6.18 Å². The third-order valence-corrected chi connectivity index (χ3v) is 1.71. The standard InChI is InChI=1S/C10H6F4O2/c11-8(9(15)16)5-6-2-1-3-7(4-6)10(12,13)14/h1-5H,(H,15,16)/b8-5-. The molecule has 0 aliphatic carbocycles. The van der Waals surface area contributed by atoms with E-state index < -0.39 is 23.5 Å². The number of carboxylic acids is 1. The number of aliphatic carboxylic acids is 1. The van der Waals surface area contributed by atoms with Gasteiger partial charge < -0.3 is 5.11 Å². The van der Waals surface area contributed by atoms with E-state index in [0.717, 1.165) is 12.1 Å². The van der Waals surface area contributed by atoms with Gasteiger partial charge in [0.15, 0.2) is 0 Å². The van der Waals surface area contributed by atoms with Gasteiger partial charge in [-0.15, -0.1) is 0 Å². The van der Waals surface area contributed by atoms with Crippen LogP contribution in [0.1, 0.15) is 11.1 Å². The molecule has 1 aromatic rings. The van der Waals surface area contributed by atoms with E-state index in [2.05, 4.69) is 0 Å². The highest BCUT2D eigenvalue weighted by atomic mass is 19.4. The van der Waals surface area contributed by atoms with Crippen molar-refractivity contribution in [2.24, 2.45) is 0 Å². The Kier molecular flexibility index (Phi) is 3.31. The van der Waals surface area contributed by atoms with Gasteiger partial charge in [-0.25, -0.2) is 4.79 Å². The molecule has 0 aromatic heterocycles. The highest BCUT2D eigenvalue weighted by molar-refractivity contribution is 5.89. The second-order valence-corrected chi connectivity index (χ2v) is 2.92. The van der Waals surface area contributed by atoms with Crippen LogP contribution in [0.2, 0.25) is 0 Å². The fourth-order valence-corrected chi connectivity index (χ4v) is 1.01. The predicted molar refractivity (Wildman–Crippen MR) is 48.2 cm³/mol. The van der Waals surface area contributed by atoms with Crippen LogP contribution in [0.5, 0.6) is 0 Å². The molecule has 0 aliphatic heterocycles. The van der Waals surface area contributed by atoms with E-state index in [-0.39, 0.29) is 5.56 Å². The minimum absolute atomic E-state index is 0.158. The Bertz CT molecular complexity index is 435. The molecular formula is C10H6F4O2. The number of carboxylic acid groups (broad SMARTS) is 1. The summed E-state index contributed by atoms with van der Waals surface area (Å²) >= 11 is 0. The molecule has 0 heterocycles. The van der Waals surface area contributed by atoms with Crippen molar-refractivity contribution in [1.29, 1.82) is 0 Å². The van der Waals surface area contributed by atoms with Crippen LogP contribution in [0, 0.1) is 0 Å². The molecule has 86 valence electrons. The van der Waals surface area contributed by atoms with Gasteiger partial charge in [0.05, 0.1) is 5.56 Å². The Balaban J connectivity index is 3.09. The smallest absolute Gasteiger partial charge is 0.416 e. The molecular weight excluding hydrogens is 228 g/mol. The molecule has 0 fully saturated rings. The van der Waals surface area contributed by atoms with Crippen molar-refractivity contribution in [3.63, 3.8) is 0 Å². The van der Waals surface area contributed by atoms with E-state index in [0.29, 0.717) is 12.1 Å². The van der Waals surface area contributed by atoms with Crippen LogP contribution in [0.4, 0.5) is 17.6 Å². The second-order valence-electron chi connectivity index (χ2n) is 2.92. The SMILES string of the molecule is O=C(O)/C(F)=C/c1cccc(C(F)(F)F)c1. The molecule has 1 aromatic carbocycles. The molecule has 6 heteroatoms. The summed E-state index contributed by atoms with van der Waals surface area (Å²) in [5.74, 6) is -3.34. The van der Waals surface area contributed by atoms with Crippen molar-refractivity contribution < 1.29 is 27.5 Å². The molecule has 0 amide bonds. The van der Waals surface area contributed by atoms with Gasteiger partial charge in [0, 0.05) is 0 Å². The van der Waals surface area contributed by atoms with E-state index in [1.807, 2.05) is 0 Å². The van der Waals surface area contributed by atoms with Crippen LogP contribution in [-0.2, 0) is 11.0 Å². The molecule has 0 atom stereocenters. The lowest BCUT2D eigenvalue weighted by atomic mass is 10.1. The predicted octanol–water partition coefficient (Wildman–Crippen LogP) is 3.10. The highest BCUT2D eigenvalue weighted by Crippen LogP contribution is 2.29. The molecule has 0 saturated heterocycles. The first-order valence-corrected chi connectivity index (χ1v) is 4.08. The maximum absolute atomic E-state index is 12.6. The highest BCUT2D eigenvalue weighted by Gasteiger charge is 2.30. The van der Waals surface area contributed by atoms with Gasteiger partial charge in [-0.2, -0.15) is 17.6 Å². The Hall–Kier alpha value is -1.85. The van der Waals surface area contributed by atoms with E-state index >= 15 is 0 Å². The van der Waals surface area contributed by atoms with Crippen molar-refractivity contribution >= 4 is 12.0 Å². The lowest BCUT2D eigenvalue weighted by Crippen LogP contribution is -2.04. The van der Waals surface area contributed by atoms with Crippen molar-refractivity contribution in [1.82, 2.24) is 0 Å². The zero-order valence-corrected chi connectivity index (χ0v) is 7.75. The van der Waals surface area contributed by atoms with E-state index in [4.69, 9.17) is 5.11 Å². The van der Waals surface area contributed by atoms with Crippen molar-refractivity contribution in [2.75, 3.05) is 0 Å². The molecule has 0 bridgehead atoms. The van der Waals surface area contributed by atoms with Gasteiger partial charge in [0.2, 0.25) is 5.83 Å². The Morgan fingerprint density at radius 1 is 1.31 bits per heavy atom. The summed E-state index contributed by atoms with van der Waals surface area (Å²) in [4.78, 5) is 10.1. The normalized spacial score (nSPS) is 12.6. The summed E-state index contributed by atoms with van der Waals surface area (Å²) in [5, 5.41) is 8.21. The van der Waals surface area contributed by atoms with Gasteiger partial charge >= 0.3 is 12.1 Å². The van der Waals surface area contributed by atoms with Crippen molar-refractivity contribution in [3.8, 4) is 0 Å². The molecule has 16 heavy (non-hydrogen) atoms. The summed E-state index contributed by atoms with van der Waals surface area (Å²) in [6, 6.07) is 3.74. The first-order chi connectivity index (χ1) is 7.30. The fraction of sp³-hybridized carbons (Fsp3) is 0.100. The topological polar surface area (TPSA) is 37.3 Å². The summed E-state index contributed by atoms with van der Waals surface area (Å²) in [6.07, 6.45) is -4.01. The molecule has 0 radical (unpaired) electrons. The Labute approximate surface area is 87.8 Å². The minimum Gasteiger partial charge on any atom is -0.476 e. The van der Waals surface area contributed by atoms with Crippen LogP contribution in [-0.4, -0.2) is 11.1 Å². The van der Waals surface area contributed by atoms with Crippen LogP contribution < -0.4 is 0 Å². The van der Waals surface area contributed by atoms with Gasteiger partial charge in [0.25, 0.3) is 0 Å². The lowest BCUT2D eigenvalue weighted by molar-refractivity contribution is -0.137. The molecule has 1 rings (SSSR count). The maximum atomic E-state index is 12.6. The zero-order chi connectivity index (χ0) is 12.3. The average Bonchev–Trinajstić information content (AvgIpc) is 2.16. The van der Waals surface area contributed by atoms with Gasteiger partial charge in [-0.1, -0.05) is 12.1 Å². The van der Waals surface area contributed by atoms with Gasteiger partial charge in [-0.05, 0) is 23.8 Å². The van der Waals surface area contributed by atoms with Crippen LogP contribution >= 0.6 is 0 Å². The monoisotopic (exact) mass is 234 g/mol. The van der Waals surface area contributed by atoms with Gasteiger partial charge in [0.1, 0.15) is 0 Å². The molecule has 1 N–H and O–H groups in total. The van der Waals surface area contributed by atoms with Crippen LogP contribution in [0.15, 0.2) is 30.1 Å². The summed E-state index contributed by atoms with van der Waals surface area (Å²) < 4.78 is 49.3. The van der Waals surface area contributed by atoms with E-state index in [1.165, 1.54) is 6.07 Å². The lowest BCUT2D eigenvalue weighted by Gasteiger charge is -2.06. The third kappa shape index (κ3) is 3.08. The molecule has 0 spiro atoms. The van der Waals surface area contributed by atoms with Crippen LogP contribution in [0.25, 0.3) is 6.08 Å². The molecule has 0 saturated carbocycles. The number of benzene rings is 1. The zero-order valence-electron chi connectivity index (χ0n) is 7.75. The largest absolute Gasteiger partial charge is 0.476 e. The second kappa shape index (κ2) is 4.34. The molecule has 0 aliphatic rings. The van der Waals surface area contributed by atoms with E-state index in [9.17, 15) is 22.4 Å². The summed E-state index contributed by atoms with van der Waals surface area (Å²) in [5.41, 5.74) is -1.12. The first kappa shape index (κ1) is 12.2. The fourth-order valence-electron chi connectivity index (χ4n) is 1.01. The number of halogens is 4. The third-order valence-electron chi connectivity index (χ3n) is 1.71. The minimum atomic E-state index is -4.54. The number of carbonyl (C=O) groups is 1. The number of alkyl halides is 3. The van der Waals surface area contributed by atoms with E-state index in [1.54, 1.807) is 0 Å². The first-order valence-electron chi connectivity index (χ1n) is 4.08. The molecule has 2 nitrogen and oxygen atoms in total. The number of hydrogen-bond donors (Lipinski definition) is 1. The quantitative estimate of drug-likeness (QED) is 0.630. The Morgan fingerprint density at radius 3 is 2.44 bits per heavy atom. The summed E-state index contributed by atoms with van der Waals surface area (Å²) in [7, 11) is 0. The average molecular weight is 234 g/mol. The Morgan fingerprint density at radius 2 is 1.94 bits per heavy atom. The van der Waals surface area contributed by atoms with Crippen LogP contribution in [0.3, 0.4) is 0 Å². The maximum Gasteiger partial charge on any atom is 0.416 e. The number of hydrogen-bond acceptors (Lipinski definition) is 1. The van der Waals surface area contributed by atoms with Gasteiger partial charge in [-0.3, -0.25) is 0 Å². The van der Waals surface area contributed by atoms with Crippen molar-refractivity contribution in [3.05, 3.63) is 41.2 Å².